The van der Waals surface area contributed by atoms with Gasteiger partial charge in [0.2, 0.25) is 0 Å². The van der Waals surface area contributed by atoms with Gasteiger partial charge in [-0.3, -0.25) is 4.99 Å². The first kappa shape index (κ1) is 18.7. The molecular weight excluding hydrogens is 326 g/mol. The molecule has 0 atom stereocenters. The third-order valence-corrected chi connectivity index (χ3v) is 4.73. The molecule has 0 bridgehead atoms. The van der Waals surface area contributed by atoms with Gasteiger partial charge in [-0.15, -0.1) is 0 Å². The van der Waals surface area contributed by atoms with Crippen molar-refractivity contribution in [3.63, 3.8) is 0 Å². The van der Waals surface area contributed by atoms with Gasteiger partial charge >= 0.3 is 0 Å². The number of hydrogen-bond acceptors (Lipinski definition) is 3. The lowest BCUT2D eigenvalue weighted by Gasteiger charge is -2.12. The Bertz CT molecular complexity index is 720. The van der Waals surface area contributed by atoms with Crippen molar-refractivity contribution in [2.45, 2.75) is 39.2 Å². The van der Waals surface area contributed by atoms with Crippen molar-refractivity contribution in [2.24, 2.45) is 10.9 Å². The number of ether oxygens (including phenoxy) is 1. The number of nitrogens with one attached hydrogen (secondary N) is 2. The third-order valence-electron chi connectivity index (χ3n) is 4.73. The summed E-state index contributed by atoms with van der Waals surface area (Å²) >= 11 is 0. The number of aliphatic imine (C=N–C) groups is 1. The molecule has 0 aliphatic heterocycles. The van der Waals surface area contributed by atoms with E-state index in [1.54, 1.807) is 0 Å². The lowest BCUT2D eigenvalue weighted by Crippen LogP contribution is -2.38. The average molecular weight is 358 g/mol. The molecule has 1 aromatic heterocycles. The van der Waals surface area contributed by atoms with E-state index in [0.717, 1.165) is 68.9 Å². The van der Waals surface area contributed by atoms with Crippen LogP contribution in [-0.4, -0.2) is 48.9 Å². The molecular formula is C20H31N5O. The van der Waals surface area contributed by atoms with E-state index < -0.39 is 0 Å². The molecule has 0 unspecified atom stereocenters. The second-order valence-corrected chi connectivity index (χ2v) is 6.95. The van der Waals surface area contributed by atoms with E-state index >= 15 is 0 Å². The summed E-state index contributed by atoms with van der Waals surface area (Å²) in [7, 11) is 1.81. The molecule has 6 nitrogen and oxygen atoms in total. The number of hydrogen-bond donors (Lipinski definition) is 2. The lowest BCUT2D eigenvalue weighted by molar-refractivity contribution is 0.123. The maximum Gasteiger partial charge on any atom is 0.190 e. The van der Waals surface area contributed by atoms with Crippen molar-refractivity contribution in [3.8, 4) is 0 Å². The van der Waals surface area contributed by atoms with Gasteiger partial charge in [0.05, 0.1) is 11.0 Å². The molecule has 2 aromatic rings. The first-order valence-corrected chi connectivity index (χ1v) is 9.72. The summed E-state index contributed by atoms with van der Waals surface area (Å²) < 4.78 is 7.93. The number of benzene rings is 1. The van der Waals surface area contributed by atoms with Crippen molar-refractivity contribution in [1.82, 2.24) is 20.2 Å². The number of aromatic nitrogens is 2. The minimum absolute atomic E-state index is 0.827. The summed E-state index contributed by atoms with van der Waals surface area (Å²) in [4.78, 5) is 8.90. The van der Waals surface area contributed by atoms with Crippen molar-refractivity contribution in [2.75, 3.05) is 33.4 Å². The highest BCUT2D eigenvalue weighted by atomic mass is 16.5. The van der Waals surface area contributed by atoms with Crippen LogP contribution in [0.2, 0.25) is 0 Å². The number of imidazole rings is 1. The Morgan fingerprint density at radius 2 is 2.00 bits per heavy atom. The fourth-order valence-corrected chi connectivity index (χ4v) is 3.06. The Morgan fingerprint density at radius 1 is 1.23 bits per heavy atom. The number of aryl methyl sites for hydroxylation is 2. The monoisotopic (exact) mass is 357 g/mol. The van der Waals surface area contributed by atoms with Gasteiger partial charge in [-0.25, -0.2) is 4.98 Å². The summed E-state index contributed by atoms with van der Waals surface area (Å²) in [6.45, 7) is 6.55. The number of guanidine groups is 1. The van der Waals surface area contributed by atoms with Gasteiger partial charge in [-0.05, 0) is 50.7 Å². The molecule has 1 aromatic carbocycles. The molecule has 26 heavy (non-hydrogen) atoms. The molecule has 142 valence electrons. The van der Waals surface area contributed by atoms with E-state index in [0.29, 0.717) is 0 Å². The highest BCUT2D eigenvalue weighted by molar-refractivity contribution is 5.79. The largest absolute Gasteiger partial charge is 0.381 e. The van der Waals surface area contributed by atoms with Crippen molar-refractivity contribution < 1.29 is 4.74 Å². The van der Waals surface area contributed by atoms with Gasteiger partial charge in [0.25, 0.3) is 0 Å². The van der Waals surface area contributed by atoms with E-state index in [1.165, 1.54) is 18.4 Å². The summed E-state index contributed by atoms with van der Waals surface area (Å²) in [5.74, 6) is 2.77. The molecule has 2 N–H and O–H groups in total. The summed E-state index contributed by atoms with van der Waals surface area (Å²) in [5.41, 5.74) is 2.28. The predicted octanol–water partition coefficient (Wildman–Crippen LogP) is 2.72. The zero-order chi connectivity index (χ0) is 18.2. The Morgan fingerprint density at radius 3 is 2.77 bits per heavy atom. The Balaban J connectivity index is 1.31. The van der Waals surface area contributed by atoms with Crippen LogP contribution in [0.3, 0.4) is 0 Å². The zero-order valence-corrected chi connectivity index (χ0v) is 16.0. The lowest BCUT2D eigenvalue weighted by atomic mass is 10.3. The molecule has 0 radical (unpaired) electrons. The van der Waals surface area contributed by atoms with Crippen LogP contribution in [0, 0.1) is 12.8 Å². The van der Waals surface area contributed by atoms with Crippen LogP contribution < -0.4 is 10.6 Å². The number of nitrogens with zero attached hydrogens (tertiary/aromatic N) is 3. The van der Waals surface area contributed by atoms with E-state index in [9.17, 15) is 0 Å². The Kier molecular flexibility index (Phi) is 6.89. The highest BCUT2D eigenvalue weighted by Gasteiger charge is 2.20. The number of para-hydroxylation sites is 2. The van der Waals surface area contributed by atoms with Crippen LogP contribution in [0.25, 0.3) is 11.0 Å². The van der Waals surface area contributed by atoms with Gasteiger partial charge in [0.15, 0.2) is 5.96 Å². The fraction of sp³-hybridized carbons (Fsp3) is 0.600. The minimum atomic E-state index is 0.827. The van der Waals surface area contributed by atoms with E-state index in [1.807, 2.05) is 13.1 Å². The average Bonchev–Trinajstić information content (AvgIpc) is 3.42. The molecule has 0 saturated heterocycles. The van der Waals surface area contributed by atoms with Crippen LogP contribution in [0.5, 0.6) is 0 Å². The summed E-state index contributed by atoms with van der Waals surface area (Å²) in [5, 5.41) is 6.73. The molecule has 1 fully saturated rings. The maximum absolute atomic E-state index is 5.65. The second-order valence-electron chi connectivity index (χ2n) is 6.95. The van der Waals surface area contributed by atoms with Crippen molar-refractivity contribution in [1.29, 1.82) is 0 Å². The van der Waals surface area contributed by atoms with Gasteiger partial charge in [0.1, 0.15) is 5.82 Å². The zero-order valence-electron chi connectivity index (χ0n) is 16.0. The summed E-state index contributed by atoms with van der Waals surface area (Å²) in [6, 6.07) is 8.30. The predicted molar refractivity (Wildman–Crippen MR) is 107 cm³/mol. The van der Waals surface area contributed by atoms with Crippen LogP contribution in [0.15, 0.2) is 29.3 Å². The van der Waals surface area contributed by atoms with Crippen LogP contribution in [-0.2, 0) is 11.3 Å². The normalized spacial score (nSPS) is 14.8. The standard InChI is InChI=1S/C20H31N5O/c1-16-24-18-7-3-4-8-19(18)25(16)13-5-11-22-20(21-2)23-12-6-14-26-15-17-9-10-17/h3-4,7-8,17H,5-6,9-15H2,1-2H3,(H2,21,22,23). The van der Waals surface area contributed by atoms with Gasteiger partial charge in [-0.2, -0.15) is 0 Å². The Hall–Kier alpha value is -2.08. The van der Waals surface area contributed by atoms with Gasteiger partial charge < -0.3 is 19.9 Å². The molecule has 6 heteroatoms. The third kappa shape index (κ3) is 5.46. The highest BCUT2D eigenvalue weighted by Crippen LogP contribution is 2.28. The van der Waals surface area contributed by atoms with E-state index in [-0.39, 0.29) is 0 Å². The molecule has 3 rings (SSSR count). The smallest absolute Gasteiger partial charge is 0.190 e. The van der Waals surface area contributed by atoms with E-state index in [4.69, 9.17) is 4.74 Å². The molecule has 1 aliphatic rings. The second kappa shape index (κ2) is 9.57. The molecule has 1 heterocycles. The molecule has 0 amide bonds. The van der Waals surface area contributed by atoms with Crippen LogP contribution >= 0.6 is 0 Å². The maximum atomic E-state index is 5.65. The minimum Gasteiger partial charge on any atom is -0.381 e. The number of fused-ring (bicyclic) bond motifs is 1. The Labute approximate surface area is 156 Å². The fourth-order valence-electron chi connectivity index (χ4n) is 3.06. The topological polar surface area (TPSA) is 63.5 Å². The van der Waals surface area contributed by atoms with E-state index in [2.05, 4.69) is 50.3 Å². The summed E-state index contributed by atoms with van der Waals surface area (Å²) in [6.07, 6.45) is 4.73. The molecule has 1 aliphatic carbocycles. The van der Waals surface area contributed by atoms with Crippen molar-refractivity contribution in [3.05, 3.63) is 30.1 Å². The SMILES string of the molecule is CN=C(NCCCOCC1CC1)NCCCn1c(C)nc2ccccc21. The van der Waals surface area contributed by atoms with Gasteiger partial charge in [0, 0.05) is 39.9 Å². The van der Waals surface area contributed by atoms with Crippen LogP contribution in [0.4, 0.5) is 0 Å². The molecule has 1 saturated carbocycles. The van der Waals surface area contributed by atoms with Crippen molar-refractivity contribution >= 4 is 17.0 Å². The quantitative estimate of drug-likeness (QED) is 0.390. The van der Waals surface area contributed by atoms with Crippen LogP contribution in [0.1, 0.15) is 31.5 Å². The molecule has 0 spiro atoms. The first-order valence-electron chi connectivity index (χ1n) is 9.72. The first-order chi connectivity index (χ1) is 12.8. The van der Waals surface area contributed by atoms with Gasteiger partial charge in [-0.1, -0.05) is 12.1 Å². The number of rotatable bonds is 10.